The number of azide groups is 1. The highest BCUT2D eigenvalue weighted by Gasteiger charge is 2.35. The minimum atomic E-state index is -4.88. The van der Waals surface area contributed by atoms with Crippen molar-refractivity contribution < 1.29 is 22.3 Å². The van der Waals surface area contributed by atoms with E-state index in [-0.39, 0.29) is 5.75 Å². The van der Waals surface area contributed by atoms with Crippen LogP contribution in [-0.2, 0) is 6.18 Å². The highest BCUT2D eigenvalue weighted by Crippen LogP contribution is 2.38. The van der Waals surface area contributed by atoms with Gasteiger partial charge in [-0.05, 0) is 17.7 Å². The molecule has 0 aromatic heterocycles. The molecule has 0 atom stereocenters. The summed E-state index contributed by atoms with van der Waals surface area (Å²) in [5.41, 5.74) is 5.78. The Hall–Kier alpha value is -1.95. The molecule has 0 N–H and O–H groups in total. The van der Waals surface area contributed by atoms with Gasteiger partial charge in [-0.15, -0.1) is 0 Å². The van der Waals surface area contributed by atoms with E-state index in [9.17, 15) is 17.6 Å². The van der Waals surface area contributed by atoms with Gasteiger partial charge in [-0.25, -0.2) is 4.39 Å². The van der Waals surface area contributed by atoms with Crippen LogP contribution in [-0.4, -0.2) is 7.11 Å². The van der Waals surface area contributed by atoms with E-state index in [1.165, 1.54) is 0 Å². The van der Waals surface area contributed by atoms with Crippen LogP contribution in [0.2, 0.25) is 0 Å². The lowest BCUT2D eigenvalue weighted by atomic mass is 10.1. The van der Waals surface area contributed by atoms with E-state index in [0.717, 1.165) is 13.2 Å². The van der Waals surface area contributed by atoms with Gasteiger partial charge in [-0.1, -0.05) is 5.11 Å². The molecule has 16 heavy (non-hydrogen) atoms. The monoisotopic (exact) mass is 235 g/mol. The van der Waals surface area contributed by atoms with Crippen LogP contribution in [0.25, 0.3) is 10.4 Å². The fourth-order valence-electron chi connectivity index (χ4n) is 1.03. The number of nitrogens with zero attached hydrogens (tertiary/aromatic N) is 3. The molecule has 8 heteroatoms. The Morgan fingerprint density at radius 2 is 2.00 bits per heavy atom. The van der Waals surface area contributed by atoms with Gasteiger partial charge in [0.05, 0.1) is 18.4 Å². The summed E-state index contributed by atoms with van der Waals surface area (Å²) in [5.74, 6) is -1.86. The van der Waals surface area contributed by atoms with Gasteiger partial charge in [0.2, 0.25) is 0 Å². The SMILES string of the molecule is COc1cc(N=[N+]=[N-])c(F)c(C(F)(F)F)c1. The minimum Gasteiger partial charge on any atom is -0.497 e. The Bertz CT molecular complexity index is 451. The lowest BCUT2D eigenvalue weighted by Crippen LogP contribution is -2.08. The second-order valence-electron chi connectivity index (χ2n) is 2.70. The topological polar surface area (TPSA) is 58.0 Å². The highest BCUT2D eigenvalue weighted by molar-refractivity contribution is 5.49. The second kappa shape index (κ2) is 4.28. The van der Waals surface area contributed by atoms with E-state index < -0.39 is 23.2 Å². The Morgan fingerprint density at radius 1 is 1.38 bits per heavy atom. The average Bonchev–Trinajstić information content (AvgIpc) is 2.19. The maximum Gasteiger partial charge on any atom is 0.419 e. The summed E-state index contributed by atoms with van der Waals surface area (Å²) in [4.78, 5) is 2.23. The zero-order valence-electron chi connectivity index (χ0n) is 7.92. The number of rotatable bonds is 2. The van der Waals surface area contributed by atoms with E-state index in [0.29, 0.717) is 6.07 Å². The van der Waals surface area contributed by atoms with Crippen molar-refractivity contribution >= 4 is 5.69 Å². The molecule has 0 saturated heterocycles. The summed E-state index contributed by atoms with van der Waals surface area (Å²) in [7, 11) is 1.12. The lowest BCUT2D eigenvalue weighted by molar-refractivity contribution is -0.140. The van der Waals surface area contributed by atoms with Crippen LogP contribution in [0.1, 0.15) is 5.56 Å². The smallest absolute Gasteiger partial charge is 0.419 e. The second-order valence-corrected chi connectivity index (χ2v) is 2.70. The first-order valence-corrected chi connectivity index (χ1v) is 3.90. The summed E-state index contributed by atoms with van der Waals surface area (Å²) >= 11 is 0. The minimum absolute atomic E-state index is 0.240. The summed E-state index contributed by atoms with van der Waals surface area (Å²) < 4.78 is 54.8. The summed E-state index contributed by atoms with van der Waals surface area (Å²) in [6, 6.07) is 1.37. The average molecular weight is 235 g/mol. The maximum atomic E-state index is 13.2. The molecule has 4 nitrogen and oxygen atoms in total. The first kappa shape index (κ1) is 12.1. The normalized spacial score (nSPS) is 10.8. The largest absolute Gasteiger partial charge is 0.497 e. The molecule has 0 fully saturated rings. The third-order valence-electron chi connectivity index (χ3n) is 1.72. The molecule has 1 aromatic rings. The van der Waals surface area contributed by atoms with Gasteiger partial charge >= 0.3 is 6.18 Å². The van der Waals surface area contributed by atoms with Gasteiger partial charge in [-0.3, -0.25) is 0 Å². The molecule has 0 bridgehead atoms. The molecular formula is C8H5F4N3O. The number of hydrogen-bond acceptors (Lipinski definition) is 2. The van der Waals surface area contributed by atoms with Gasteiger partial charge in [-0.2, -0.15) is 13.2 Å². The zero-order chi connectivity index (χ0) is 12.3. The number of methoxy groups -OCH3 is 1. The predicted octanol–water partition coefficient (Wildman–Crippen LogP) is 3.79. The number of alkyl halides is 3. The fraction of sp³-hybridized carbons (Fsp3) is 0.250. The first-order chi connectivity index (χ1) is 7.40. The number of halogens is 4. The lowest BCUT2D eigenvalue weighted by Gasteiger charge is -2.11. The summed E-state index contributed by atoms with van der Waals surface area (Å²) in [6.07, 6.45) is -4.88. The molecule has 0 spiro atoms. The third-order valence-corrected chi connectivity index (χ3v) is 1.72. The molecule has 0 aliphatic heterocycles. The number of hydrogen-bond donors (Lipinski definition) is 0. The van der Waals surface area contributed by atoms with Crippen molar-refractivity contribution in [1.82, 2.24) is 0 Å². The van der Waals surface area contributed by atoms with Crippen molar-refractivity contribution in [3.05, 3.63) is 34.0 Å². The Balaban J connectivity index is 3.49. The van der Waals surface area contributed by atoms with Crippen LogP contribution in [0.15, 0.2) is 17.2 Å². The van der Waals surface area contributed by atoms with E-state index in [1.807, 2.05) is 0 Å². The van der Waals surface area contributed by atoms with E-state index in [2.05, 4.69) is 14.8 Å². The van der Waals surface area contributed by atoms with Crippen molar-refractivity contribution in [2.24, 2.45) is 5.11 Å². The van der Waals surface area contributed by atoms with Gasteiger partial charge in [0.1, 0.15) is 11.6 Å². The van der Waals surface area contributed by atoms with E-state index in [4.69, 9.17) is 5.53 Å². The standard InChI is InChI=1S/C8H5F4N3O/c1-16-4-2-5(8(10,11)12)7(9)6(3-4)14-15-13/h2-3H,1H3. The molecule has 1 rings (SSSR count). The Labute approximate surface area is 87.1 Å². The molecule has 1 aromatic carbocycles. The zero-order valence-corrected chi connectivity index (χ0v) is 7.92. The summed E-state index contributed by atoms with van der Waals surface area (Å²) in [6.45, 7) is 0. The van der Waals surface area contributed by atoms with Crippen LogP contribution in [0, 0.1) is 5.82 Å². The van der Waals surface area contributed by atoms with Crippen LogP contribution < -0.4 is 4.74 Å². The van der Waals surface area contributed by atoms with Crippen molar-refractivity contribution in [3.8, 4) is 5.75 Å². The van der Waals surface area contributed by atoms with Gasteiger partial charge in [0.25, 0.3) is 0 Å². The van der Waals surface area contributed by atoms with Crippen molar-refractivity contribution in [2.45, 2.75) is 6.18 Å². The van der Waals surface area contributed by atoms with Gasteiger partial charge in [0, 0.05) is 4.91 Å². The summed E-state index contributed by atoms with van der Waals surface area (Å²) in [5, 5.41) is 2.81. The molecule has 0 amide bonds. The molecule has 0 heterocycles. The Kier molecular flexibility index (Phi) is 3.24. The van der Waals surface area contributed by atoms with Gasteiger partial charge in [0.15, 0.2) is 0 Å². The van der Waals surface area contributed by atoms with Crippen LogP contribution in [0.4, 0.5) is 23.2 Å². The van der Waals surface area contributed by atoms with Crippen LogP contribution in [0.5, 0.6) is 5.75 Å². The van der Waals surface area contributed by atoms with Crippen LogP contribution in [0.3, 0.4) is 0 Å². The molecular weight excluding hydrogens is 230 g/mol. The molecule has 0 aliphatic rings. The molecule has 0 unspecified atom stereocenters. The quantitative estimate of drug-likeness (QED) is 0.333. The third kappa shape index (κ3) is 2.34. The predicted molar refractivity (Wildman–Crippen MR) is 46.8 cm³/mol. The van der Waals surface area contributed by atoms with Crippen LogP contribution >= 0.6 is 0 Å². The van der Waals surface area contributed by atoms with E-state index >= 15 is 0 Å². The first-order valence-electron chi connectivity index (χ1n) is 3.90. The molecule has 0 aliphatic carbocycles. The maximum absolute atomic E-state index is 13.2. The number of ether oxygens (including phenoxy) is 1. The van der Waals surface area contributed by atoms with Crippen molar-refractivity contribution in [3.63, 3.8) is 0 Å². The highest BCUT2D eigenvalue weighted by atomic mass is 19.4. The fourth-order valence-corrected chi connectivity index (χ4v) is 1.03. The Morgan fingerprint density at radius 3 is 2.44 bits per heavy atom. The van der Waals surface area contributed by atoms with E-state index in [1.54, 1.807) is 0 Å². The van der Waals surface area contributed by atoms with Crippen molar-refractivity contribution in [2.75, 3.05) is 7.11 Å². The molecule has 0 saturated carbocycles. The molecule has 0 radical (unpaired) electrons. The van der Waals surface area contributed by atoms with Crippen molar-refractivity contribution in [1.29, 1.82) is 0 Å². The number of benzene rings is 1. The van der Waals surface area contributed by atoms with Gasteiger partial charge < -0.3 is 4.74 Å². The molecule has 86 valence electrons.